The van der Waals surface area contributed by atoms with Gasteiger partial charge in [0.25, 0.3) is 0 Å². The number of carboxylic acids is 1. The van der Waals surface area contributed by atoms with E-state index in [4.69, 9.17) is 0 Å². The van der Waals surface area contributed by atoms with Crippen LogP contribution in [0.3, 0.4) is 0 Å². The average molecular weight is 207 g/mol. The van der Waals surface area contributed by atoms with Gasteiger partial charge in [0.2, 0.25) is 5.91 Å². The normalized spacial score (nSPS) is 8.57. The van der Waals surface area contributed by atoms with E-state index >= 15 is 0 Å². The SMILES string of the molecule is C=CC(=O)NCCCCCC(=O)[O-].[Na+]. The molecule has 0 rings (SSSR count). The Hall–Kier alpha value is -0.320. The summed E-state index contributed by atoms with van der Waals surface area (Å²) < 4.78 is 0. The first-order valence-electron chi connectivity index (χ1n) is 4.27. The van der Waals surface area contributed by atoms with Crippen LogP contribution in [0.2, 0.25) is 0 Å². The maximum absolute atomic E-state index is 10.6. The van der Waals surface area contributed by atoms with Crippen LogP contribution in [0.1, 0.15) is 25.7 Å². The molecule has 0 aliphatic heterocycles. The third kappa shape index (κ3) is 11.7. The molecule has 1 N–H and O–H groups in total. The number of carbonyl (C=O) groups is 2. The van der Waals surface area contributed by atoms with E-state index in [9.17, 15) is 14.7 Å². The molecule has 5 heteroatoms. The quantitative estimate of drug-likeness (QED) is 0.269. The summed E-state index contributed by atoms with van der Waals surface area (Å²) >= 11 is 0. The largest absolute Gasteiger partial charge is 1.00 e. The summed E-state index contributed by atoms with van der Waals surface area (Å²) in [7, 11) is 0. The fourth-order valence-electron chi connectivity index (χ4n) is 0.855. The molecule has 4 nitrogen and oxygen atoms in total. The molecule has 0 spiro atoms. The maximum Gasteiger partial charge on any atom is 1.00 e. The van der Waals surface area contributed by atoms with Gasteiger partial charge in [-0.05, 0) is 25.3 Å². The summed E-state index contributed by atoms with van der Waals surface area (Å²) in [6, 6.07) is 0. The molecule has 0 saturated heterocycles. The van der Waals surface area contributed by atoms with Crippen LogP contribution in [-0.2, 0) is 9.59 Å². The summed E-state index contributed by atoms with van der Waals surface area (Å²) in [5.74, 6) is -1.21. The molecule has 0 aromatic heterocycles. The number of nitrogens with one attached hydrogen (secondary N) is 1. The molecular weight excluding hydrogens is 193 g/mol. The second-order valence-corrected chi connectivity index (χ2v) is 2.68. The molecule has 0 aliphatic carbocycles. The van der Waals surface area contributed by atoms with Crippen LogP contribution in [0.4, 0.5) is 0 Å². The zero-order valence-electron chi connectivity index (χ0n) is 8.54. The Morgan fingerprint density at radius 1 is 1.29 bits per heavy atom. The van der Waals surface area contributed by atoms with Crippen LogP contribution in [0.25, 0.3) is 0 Å². The van der Waals surface area contributed by atoms with Crippen LogP contribution in [0.15, 0.2) is 12.7 Å². The second kappa shape index (κ2) is 10.8. The van der Waals surface area contributed by atoms with E-state index in [1.54, 1.807) is 0 Å². The van der Waals surface area contributed by atoms with Crippen molar-refractivity contribution in [3.8, 4) is 0 Å². The van der Waals surface area contributed by atoms with Gasteiger partial charge in [0.05, 0.1) is 0 Å². The zero-order chi connectivity index (χ0) is 10.1. The van der Waals surface area contributed by atoms with E-state index in [1.165, 1.54) is 6.08 Å². The molecule has 1 amide bonds. The van der Waals surface area contributed by atoms with Gasteiger partial charge in [0.15, 0.2) is 0 Å². The zero-order valence-corrected chi connectivity index (χ0v) is 10.5. The number of aliphatic carboxylic acids is 1. The minimum atomic E-state index is -1.02. The first kappa shape index (κ1) is 16.1. The Morgan fingerprint density at radius 2 is 1.93 bits per heavy atom. The van der Waals surface area contributed by atoms with Crippen LogP contribution >= 0.6 is 0 Å². The van der Waals surface area contributed by atoms with Crippen molar-refractivity contribution in [1.82, 2.24) is 5.32 Å². The van der Waals surface area contributed by atoms with Gasteiger partial charge in [-0.25, -0.2) is 0 Å². The Balaban J connectivity index is 0. The number of amides is 1. The summed E-state index contributed by atoms with van der Waals surface area (Å²) in [5, 5.41) is 12.6. The van der Waals surface area contributed by atoms with E-state index < -0.39 is 5.97 Å². The van der Waals surface area contributed by atoms with Gasteiger partial charge in [-0.1, -0.05) is 13.0 Å². The second-order valence-electron chi connectivity index (χ2n) is 2.68. The predicted octanol–water partition coefficient (Wildman–Crippen LogP) is -3.40. The average Bonchev–Trinajstić information content (AvgIpc) is 2.10. The molecule has 0 saturated carbocycles. The van der Waals surface area contributed by atoms with Crippen molar-refractivity contribution in [2.45, 2.75) is 25.7 Å². The smallest absolute Gasteiger partial charge is 0.550 e. The molecular formula is C9H14NNaO3. The molecule has 0 unspecified atom stereocenters. The van der Waals surface area contributed by atoms with Crippen LogP contribution < -0.4 is 40.0 Å². The van der Waals surface area contributed by atoms with Gasteiger partial charge in [0, 0.05) is 12.5 Å². The van der Waals surface area contributed by atoms with E-state index in [2.05, 4.69) is 11.9 Å². The third-order valence-corrected chi connectivity index (χ3v) is 1.54. The molecule has 0 aromatic carbocycles. The van der Waals surface area contributed by atoms with Gasteiger partial charge in [-0.3, -0.25) is 4.79 Å². The number of hydrogen-bond donors (Lipinski definition) is 1. The number of rotatable bonds is 7. The number of carbonyl (C=O) groups excluding carboxylic acids is 2. The van der Waals surface area contributed by atoms with Crippen molar-refractivity contribution in [2.75, 3.05) is 6.54 Å². The van der Waals surface area contributed by atoms with Crippen molar-refractivity contribution in [3.05, 3.63) is 12.7 Å². The summed E-state index contributed by atoms with van der Waals surface area (Å²) in [5.41, 5.74) is 0. The minimum absolute atomic E-state index is 0. The minimum Gasteiger partial charge on any atom is -0.550 e. The van der Waals surface area contributed by atoms with Gasteiger partial charge in [-0.2, -0.15) is 0 Å². The molecule has 14 heavy (non-hydrogen) atoms. The molecule has 0 aliphatic rings. The van der Waals surface area contributed by atoms with Crippen molar-refractivity contribution in [3.63, 3.8) is 0 Å². The molecule has 0 fully saturated rings. The van der Waals surface area contributed by atoms with Crippen molar-refractivity contribution in [1.29, 1.82) is 0 Å². The fourth-order valence-corrected chi connectivity index (χ4v) is 0.855. The Bertz CT molecular complexity index is 194. The van der Waals surface area contributed by atoms with Gasteiger partial charge < -0.3 is 15.2 Å². The molecule has 0 radical (unpaired) electrons. The van der Waals surface area contributed by atoms with E-state index in [0.717, 1.165) is 12.8 Å². The Kier molecular flexibility index (Phi) is 12.4. The van der Waals surface area contributed by atoms with Crippen molar-refractivity contribution >= 4 is 11.9 Å². The van der Waals surface area contributed by atoms with Crippen LogP contribution in [-0.4, -0.2) is 18.4 Å². The van der Waals surface area contributed by atoms with E-state index in [1.807, 2.05) is 0 Å². The first-order valence-corrected chi connectivity index (χ1v) is 4.27. The first-order chi connectivity index (χ1) is 6.16. The number of carboxylic acid groups (broad SMARTS) is 1. The number of hydrogen-bond acceptors (Lipinski definition) is 3. The third-order valence-electron chi connectivity index (χ3n) is 1.54. The topological polar surface area (TPSA) is 69.2 Å². The fraction of sp³-hybridized carbons (Fsp3) is 0.556. The summed E-state index contributed by atoms with van der Waals surface area (Å²) in [6.45, 7) is 3.87. The van der Waals surface area contributed by atoms with Gasteiger partial charge in [-0.15, -0.1) is 0 Å². The standard InChI is InChI=1S/C9H15NO3.Na/c1-2-8(11)10-7-5-3-4-6-9(12)13;/h2H,1,3-7H2,(H,10,11)(H,12,13);/q;+1/p-1. The molecule has 0 aromatic rings. The van der Waals surface area contributed by atoms with Crippen molar-refractivity contribution in [2.24, 2.45) is 0 Å². The van der Waals surface area contributed by atoms with Crippen LogP contribution in [0, 0.1) is 0 Å². The Labute approximate surface area is 106 Å². The summed E-state index contributed by atoms with van der Waals surface area (Å²) in [6.07, 6.45) is 3.47. The van der Waals surface area contributed by atoms with Gasteiger partial charge in [0.1, 0.15) is 0 Å². The number of unbranched alkanes of at least 4 members (excludes halogenated alkanes) is 2. The molecule has 0 bridgehead atoms. The summed E-state index contributed by atoms with van der Waals surface area (Å²) in [4.78, 5) is 20.6. The monoisotopic (exact) mass is 207 g/mol. The van der Waals surface area contributed by atoms with Crippen molar-refractivity contribution < 1.29 is 44.3 Å². The van der Waals surface area contributed by atoms with Gasteiger partial charge >= 0.3 is 29.6 Å². The van der Waals surface area contributed by atoms with E-state index in [-0.39, 0.29) is 41.9 Å². The molecule has 74 valence electrons. The molecule has 0 atom stereocenters. The van der Waals surface area contributed by atoms with Crippen LogP contribution in [0.5, 0.6) is 0 Å². The maximum atomic E-state index is 10.6. The van der Waals surface area contributed by atoms with E-state index in [0.29, 0.717) is 13.0 Å². The molecule has 0 heterocycles. The Morgan fingerprint density at radius 3 is 2.43 bits per heavy atom. The predicted molar refractivity (Wildman–Crippen MR) is 46.7 cm³/mol.